The number of aromatic amines is 1. The van der Waals surface area contributed by atoms with E-state index in [1.54, 1.807) is 12.3 Å². The number of furan rings is 1. The first-order valence-electron chi connectivity index (χ1n) is 9.51. The van der Waals surface area contributed by atoms with Gasteiger partial charge < -0.3 is 15.2 Å². The van der Waals surface area contributed by atoms with Gasteiger partial charge in [-0.25, -0.2) is 9.66 Å². The highest BCUT2D eigenvalue weighted by Gasteiger charge is 2.21. The molecule has 4 heterocycles. The number of H-pyrrole nitrogens is 1. The van der Waals surface area contributed by atoms with E-state index in [0.29, 0.717) is 32.8 Å². The summed E-state index contributed by atoms with van der Waals surface area (Å²) in [4.78, 5) is 21.3. The van der Waals surface area contributed by atoms with E-state index in [0.717, 1.165) is 16.7 Å². The van der Waals surface area contributed by atoms with Crippen molar-refractivity contribution in [1.82, 2.24) is 24.8 Å². The molecule has 0 aliphatic carbocycles. The van der Waals surface area contributed by atoms with Gasteiger partial charge in [-0.1, -0.05) is 42.1 Å². The van der Waals surface area contributed by atoms with Crippen LogP contribution < -0.4 is 11.4 Å². The number of hydrogen-bond acceptors (Lipinski definition) is 8. The maximum atomic E-state index is 12.9. The van der Waals surface area contributed by atoms with Crippen LogP contribution in [0.5, 0.6) is 0 Å². The topological polar surface area (TPSA) is 116 Å². The van der Waals surface area contributed by atoms with Crippen molar-refractivity contribution in [2.75, 3.05) is 5.84 Å². The summed E-state index contributed by atoms with van der Waals surface area (Å²) in [5.74, 6) is 8.01. The Hall–Kier alpha value is -3.37. The van der Waals surface area contributed by atoms with E-state index >= 15 is 0 Å². The minimum absolute atomic E-state index is 0.156. The number of aryl methyl sites for hydroxylation is 1. The van der Waals surface area contributed by atoms with E-state index in [4.69, 9.17) is 15.2 Å². The number of nitrogen functional groups attached to an aromatic ring is 1. The van der Waals surface area contributed by atoms with Crippen LogP contribution in [0.25, 0.3) is 32.7 Å². The van der Waals surface area contributed by atoms with Crippen LogP contribution in [0.4, 0.5) is 0 Å². The van der Waals surface area contributed by atoms with Crippen molar-refractivity contribution < 1.29 is 4.42 Å². The average Bonchev–Trinajstić information content (AvgIpc) is 3.48. The van der Waals surface area contributed by atoms with Gasteiger partial charge in [0.1, 0.15) is 16.4 Å². The van der Waals surface area contributed by atoms with Gasteiger partial charge in [0.05, 0.1) is 22.5 Å². The Labute approximate surface area is 185 Å². The van der Waals surface area contributed by atoms with E-state index in [-0.39, 0.29) is 10.8 Å². The Kier molecular flexibility index (Phi) is 4.87. The molecule has 0 spiro atoms. The predicted octanol–water partition coefficient (Wildman–Crippen LogP) is 4.38. The third-order valence-electron chi connectivity index (χ3n) is 4.98. The number of benzene rings is 1. The van der Waals surface area contributed by atoms with E-state index in [9.17, 15) is 4.79 Å². The van der Waals surface area contributed by atoms with Gasteiger partial charge in [0.25, 0.3) is 5.56 Å². The number of thiophene rings is 1. The lowest BCUT2D eigenvalue weighted by molar-refractivity contribution is 0.535. The highest BCUT2D eigenvalue weighted by atomic mass is 32.2. The van der Waals surface area contributed by atoms with E-state index in [1.807, 2.05) is 49.6 Å². The van der Waals surface area contributed by atoms with Gasteiger partial charge in [-0.05, 0) is 25.5 Å². The number of thioether (sulfide) groups is 1. The highest BCUT2D eigenvalue weighted by molar-refractivity contribution is 7.99. The molecular weight excluding hydrogens is 432 g/mol. The number of nitrogens with two attached hydrogens (primary N) is 1. The zero-order valence-corrected chi connectivity index (χ0v) is 18.3. The molecule has 0 fully saturated rings. The molecule has 1 unspecified atom stereocenters. The molecule has 156 valence electrons. The third-order valence-corrected chi connectivity index (χ3v) is 6.92. The fourth-order valence-electron chi connectivity index (χ4n) is 3.36. The molecule has 1 aromatic carbocycles. The molecule has 4 aromatic heterocycles. The SMILES string of the molecule is Cc1occc1-c1nnc(SC(C)c2nc3scc(-c4ccccc4)c3c(=O)[nH]2)n1N. The van der Waals surface area contributed by atoms with Crippen molar-refractivity contribution in [3.05, 3.63) is 70.0 Å². The molecule has 0 saturated heterocycles. The second-order valence-corrected chi connectivity index (χ2v) is 9.14. The average molecular weight is 451 g/mol. The molecule has 5 rings (SSSR count). The predicted molar refractivity (Wildman–Crippen MR) is 123 cm³/mol. The summed E-state index contributed by atoms with van der Waals surface area (Å²) in [7, 11) is 0. The number of rotatable bonds is 5. The van der Waals surface area contributed by atoms with Crippen LogP contribution >= 0.6 is 23.1 Å². The first-order valence-corrected chi connectivity index (χ1v) is 11.3. The van der Waals surface area contributed by atoms with Gasteiger partial charge in [0.15, 0.2) is 5.82 Å². The fourth-order valence-corrected chi connectivity index (χ4v) is 5.14. The van der Waals surface area contributed by atoms with Crippen LogP contribution in [-0.2, 0) is 0 Å². The van der Waals surface area contributed by atoms with Crippen LogP contribution in [0.2, 0.25) is 0 Å². The van der Waals surface area contributed by atoms with Gasteiger partial charge in [0, 0.05) is 10.9 Å². The fraction of sp³-hybridized carbons (Fsp3) is 0.143. The Morgan fingerprint density at radius 1 is 1.19 bits per heavy atom. The first kappa shape index (κ1) is 19.6. The third kappa shape index (κ3) is 3.43. The number of fused-ring (bicyclic) bond motifs is 1. The number of nitrogens with one attached hydrogen (secondary N) is 1. The van der Waals surface area contributed by atoms with E-state index in [1.165, 1.54) is 27.8 Å². The van der Waals surface area contributed by atoms with E-state index < -0.39 is 0 Å². The number of nitrogens with zero attached hydrogens (tertiary/aromatic N) is 4. The second-order valence-electron chi connectivity index (χ2n) is 6.97. The van der Waals surface area contributed by atoms with Crippen LogP contribution in [0.15, 0.2) is 62.4 Å². The Morgan fingerprint density at radius 3 is 2.74 bits per heavy atom. The maximum Gasteiger partial charge on any atom is 0.260 e. The van der Waals surface area contributed by atoms with Crippen LogP contribution in [-0.4, -0.2) is 24.8 Å². The van der Waals surface area contributed by atoms with Gasteiger partial charge in [0.2, 0.25) is 5.16 Å². The lowest BCUT2D eigenvalue weighted by Gasteiger charge is -2.10. The minimum atomic E-state index is -0.191. The van der Waals surface area contributed by atoms with Crippen molar-refractivity contribution in [3.8, 4) is 22.5 Å². The minimum Gasteiger partial charge on any atom is -0.469 e. The van der Waals surface area contributed by atoms with Crippen molar-refractivity contribution in [1.29, 1.82) is 0 Å². The normalized spacial score (nSPS) is 12.5. The zero-order chi connectivity index (χ0) is 21.5. The first-order chi connectivity index (χ1) is 15.0. The largest absolute Gasteiger partial charge is 0.469 e. The summed E-state index contributed by atoms with van der Waals surface area (Å²) in [6, 6.07) is 11.6. The van der Waals surface area contributed by atoms with Crippen molar-refractivity contribution >= 4 is 33.3 Å². The molecular formula is C21H18N6O2S2. The molecule has 0 aliphatic heterocycles. The Bertz CT molecular complexity index is 1430. The van der Waals surface area contributed by atoms with E-state index in [2.05, 4.69) is 15.2 Å². The molecule has 0 aliphatic rings. The van der Waals surface area contributed by atoms with Crippen LogP contribution in [0.1, 0.15) is 23.8 Å². The van der Waals surface area contributed by atoms with Crippen LogP contribution in [0, 0.1) is 6.92 Å². The van der Waals surface area contributed by atoms with Crippen LogP contribution in [0.3, 0.4) is 0 Å². The summed E-state index contributed by atoms with van der Waals surface area (Å²) in [5.41, 5.74) is 2.52. The number of aromatic nitrogens is 5. The van der Waals surface area contributed by atoms with Crippen molar-refractivity contribution in [2.24, 2.45) is 0 Å². The van der Waals surface area contributed by atoms with Crippen molar-refractivity contribution in [3.63, 3.8) is 0 Å². The molecule has 0 bridgehead atoms. The summed E-state index contributed by atoms with van der Waals surface area (Å²) in [6.07, 6.45) is 1.59. The molecule has 0 radical (unpaired) electrons. The lowest BCUT2D eigenvalue weighted by atomic mass is 10.1. The van der Waals surface area contributed by atoms with Crippen molar-refractivity contribution in [2.45, 2.75) is 24.3 Å². The second kappa shape index (κ2) is 7.71. The molecule has 0 saturated carbocycles. The van der Waals surface area contributed by atoms with Gasteiger partial charge in [-0.2, -0.15) is 0 Å². The smallest absolute Gasteiger partial charge is 0.260 e. The quantitative estimate of drug-likeness (QED) is 0.301. The highest BCUT2D eigenvalue weighted by Crippen LogP contribution is 2.35. The summed E-state index contributed by atoms with van der Waals surface area (Å²) >= 11 is 2.83. The molecule has 8 nitrogen and oxygen atoms in total. The molecule has 0 amide bonds. The van der Waals surface area contributed by atoms with Gasteiger partial charge in [-0.3, -0.25) is 4.79 Å². The molecule has 5 aromatic rings. The summed E-state index contributed by atoms with van der Waals surface area (Å²) in [6.45, 7) is 3.78. The molecule has 3 N–H and O–H groups in total. The molecule has 10 heteroatoms. The Morgan fingerprint density at radius 2 is 2.00 bits per heavy atom. The lowest BCUT2D eigenvalue weighted by Crippen LogP contribution is -2.14. The summed E-state index contributed by atoms with van der Waals surface area (Å²) in [5, 5.41) is 11.3. The molecule has 1 atom stereocenters. The monoisotopic (exact) mass is 450 g/mol. The van der Waals surface area contributed by atoms with Gasteiger partial charge >= 0.3 is 0 Å². The maximum absolute atomic E-state index is 12.9. The number of hydrogen-bond donors (Lipinski definition) is 2. The molecule has 31 heavy (non-hydrogen) atoms. The van der Waals surface area contributed by atoms with Gasteiger partial charge in [-0.15, -0.1) is 21.5 Å². The zero-order valence-electron chi connectivity index (χ0n) is 16.7. The Balaban J connectivity index is 1.46. The standard InChI is InChI=1S/C21H18N6O2S2/c1-11-14(8-9-29-11)18-25-26-21(27(18)22)31-12(2)17-23-19(28)16-15(10-30-20(16)24-17)13-6-4-3-5-7-13/h3-10,12H,22H2,1-2H3,(H,23,24,28). The summed E-state index contributed by atoms with van der Waals surface area (Å²) < 4.78 is 6.75.